The Labute approximate surface area is 162 Å². The molecule has 1 aliphatic heterocycles. The molecule has 0 saturated carbocycles. The molecule has 1 amide bonds. The lowest BCUT2D eigenvalue weighted by Gasteiger charge is -2.20. The average Bonchev–Trinajstić information content (AvgIpc) is 2.71. The number of benzene rings is 2. The minimum Gasteiger partial charge on any atom is -0.452 e. The number of amides is 1. The molecule has 0 aromatic heterocycles. The summed E-state index contributed by atoms with van der Waals surface area (Å²) in [5, 5.41) is 0. The smallest absolute Gasteiger partial charge is 0.338 e. The monoisotopic (exact) mass is 401 g/mol. The normalized spacial score (nSPS) is 14.0. The highest BCUT2D eigenvalue weighted by molar-refractivity contribution is 7.91. The number of ketones is 1. The van der Waals surface area contributed by atoms with Gasteiger partial charge in [-0.2, -0.15) is 0 Å². The van der Waals surface area contributed by atoms with Gasteiger partial charge in [-0.05, 0) is 44.2 Å². The Kier molecular flexibility index (Phi) is 5.33. The van der Waals surface area contributed by atoms with E-state index in [0.717, 1.165) is 6.07 Å². The van der Waals surface area contributed by atoms with Crippen molar-refractivity contribution in [3.8, 4) is 0 Å². The van der Waals surface area contributed by atoms with Gasteiger partial charge in [-0.15, -0.1) is 0 Å². The fourth-order valence-electron chi connectivity index (χ4n) is 3.09. The van der Waals surface area contributed by atoms with Crippen LogP contribution in [0.3, 0.4) is 0 Å². The average molecular weight is 401 g/mol. The van der Waals surface area contributed by atoms with Crippen LogP contribution in [0.1, 0.15) is 40.1 Å². The molecule has 0 aliphatic carbocycles. The van der Waals surface area contributed by atoms with Crippen LogP contribution in [0.25, 0.3) is 0 Å². The number of carbonyl (C=O) groups excluding carboxylic acids is 3. The highest BCUT2D eigenvalue weighted by atomic mass is 32.2. The molecule has 0 spiro atoms. The maximum atomic E-state index is 12.9. The van der Waals surface area contributed by atoms with Crippen molar-refractivity contribution in [2.45, 2.75) is 23.6 Å². The van der Waals surface area contributed by atoms with Gasteiger partial charge in [-0.25, -0.2) is 13.2 Å². The summed E-state index contributed by atoms with van der Waals surface area (Å²) in [7, 11) is -3.95. The lowest BCUT2D eigenvalue weighted by molar-refractivity contribution is -0.134. The van der Waals surface area contributed by atoms with E-state index < -0.39 is 28.2 Å². The third kappa shape index (κ3) is 3.31. The standard InChI is InChI=1S/C20H19NO6S/c1-3-21(4-2)18(22)12-27-20(24)13-9-10-15-17(11-13)28(25,26)16-8-6-5-7-14(16)19(15)23/h5-11H,3-4,12H2,1-2H3. The largest absolute Gasteiger partial charge is 0.452 e. The van der Waals surface area contributed by atoms with E-state index in [1.165, 1.54) is 35.2 Å². The molecule has 0 fully saturated rings. The number of fused-ring (bicyclic) bond motifs is 2. The number of carbonyl (C=O) groups is 3. The number of esters is 1. The predicted octanol–water partition coefficient (Wildman–Crippen LogP) is 2.09. The summed E-state index contributed by atoms with van der Waals surface area (Å²) in [5.41, 5.74) is 0.0754. The first kappa shape index (κ1) is 19.8. The first-order chi connectivity index (χ1) is 13.3. The highest BCUT2D eigenvalue weighted by Gasteiger charge is 2.35. The van der Waals surface area contributed by atoms with E-state index in [2.05, 4.69) is 0 Å². The van der Waals surface area contributed by atoms with Crippen LogP contribution in [-0.2, 0) is 19.4 Å². The lowest BCUT2D eigenvalue weighted by Crippen LogP contribution is -2.34. The van der Waals surface area contributed by atoms with Crippen molar-refractivity contribution in [1.29, 1.82) is 0 Å². The molecule has 1 heterocycles. The first-order valence-electron chi connectivity index (χ1n) is 8.79. The number of likely N-dealkylation sites (N-methyl/N-ethyl adjacent to an activating group) is 1. The van der Waals surface area contributed by atoms with Gasteiger partial charge in [-0.1, -0.05) is 12.1 Å². The van der Waals surface area contributed by atoms with Gasteiger partial charge < -0.3 is 9.64 Å². The maximum absolute atomic E-state index is 12.9. The second-order valence-electron chi connectivity index (χ2n) is 6.18. The third-order valence-corrected chi connectivity index (χ3v) is 6.47. The minimum atomic E-state index is -3.95. The van der Waals surface area contributed by atoms with Crippen molar-refractivity contribution in [3.05, 3.63) is 59.2 Å². The number of ether oxygens (including phenoxy) is 1. The topological polar surface area (TPSA) is 97.8 Å². The maximum Gasteiger partial charge on any atom is 0.338 e. The van der Waals surface area contributed by atoms with Gasteiger partial charge in [-0.3, -0.25) is 9.59 Å². The van der Waals surface area contributed by atoms with Gasteiger partial charge in [0.25, 0.3) is 5.91 Å². The van der Waals surface area contributed by atoms with E-state index in [4.69, 9.17) is 4.74 Å². The molecule has 28 heavy (non-hydrogen) atoms. The summed E-state index contributed by atoms with van der Waals surface area (Å²) in [6, 6.07) is 9.70. The van der Waals surface area contributed by atoms with Crippen molar-refractivity contribution in [2.24, 2.45) is 0 Å². The second-order valence-corrected chi connectivity index (χ2v) is 8.07. The molecule has 2 aromatic rings. The van der Waals surface area contributed by atoms with Crippen molar-refractivity contribution in [2.75, 3.05) is 19.7 Å². The van der Waals surface area contributed by atoms with E-state index in [1.54, 1.807) is 6.07 Å². The van der Waals surface area contributed by atoms with Gasteiger partial charge >= 0.3 is 5.97 Å². The van der Waals surface area contributed by atoms with Gasteiger partial charge in [0.1, 0.15) is 0 Å². The molecule has 0 N–H and O–H groups in total. The van der Waals surface area contributed by atoms with Gasteiger partial charge in [0.2, 0.25) is 9.84 Å². The molecule has 2 aromatic carbocycles. The summed E-state index contributed by atoms with van der Waals surface area (Å²) >= 11 is 0. The molecule has 7 nitrogen and oxygen atoms in total. The van der Waals surface area contributed by atoms with Crippen LogP contribution in [0.4, 0.5) is 0 Å². The van der Waals surface area contributed by atoms with Crippen LogP contribution in [0, 0.1) is 0 Å². The summed E-state index contributed by atoms with van der Waals surface area (Å²) in [5.74, 6) is -1.59. The molecule has 3 rings (SSSR count). The fraction of sp³-hybridized carbons (Fsp3) is 0.250. The van der Waals surface area contributed by atoms with Crippen molar-refractivity contribution in [1.82, 2.24) is 4.90 Å². The number of hydrogen-bond acceptors (Lipinski definition) is 6. The Hall–Kier alpha value is -3.00. The second kappa shape index (κ2) is 7.55. The van der Waals surface area contributed by atoms with Gasteiger partial charge in [0, 0.05) is 24.2 Å². The van der Waals surface area contributed by atoms with Gasteiger partial charge in [0.05, 0.1) is 15.4 Å². The molecular formula is C20H19NO6S. The molecule has 0 unspecified atom stereocenters. The Morgan fingerprint density at radius 2 is 1.61 bits per heavy atom. The van der Waals surface area contributed by atoms with Crippen LogP contribution >= 0.6 is 0 Å². The lowest BCUT2D eigenvalue weighted by atomic mass is 10.0. The SMILES string of the molecule is CCN(CC)C(=O)COC(=O)c1ccc2c(c1)S(=O)(=O)c1ccccc1C2=O. The highest BCUT2D eigenvalue weighted by Crippen LogP contribution is 2.34. The van der Waals surface area contributed by atoms with Crippen LogP contribution < -0.4 is 0 Å². The van der Waals surface area contributed by atoms with E-state index in [1.807, 2.05) is 13.8 Å². The van der Waals surface area contributed by atoms with Crippen LogP contribution in [0.2, 0.25) is 0 Å². The molecule has 0 saturated heterocycles. The number of rotatable bonds is 5. The van der Waals surface area contributed by atoms with Gasteiger partial charge in [0.15, 0.2) is 12.4 Å². The Balaban J connectivity index is 1.90. The van der Waals surface area contributed by atoms with E-state index >= 15 is 0 Å². The van der Waals surface area contributed by atoms with Crippen LogP contribution in [0.5, 0.6) is 0 Å². The Morgan fingerprint density at radius 3 is 2.29 bits per heavy atom. The van der Waals surface area contributed by atoms with Crippen molar-refractivity contribution >= 4 is 27.5 Å². The Morgan fingerprint density at radius 1 is 0.964 bits per heavy atom. The van der Waals surface area contributed by atoms with E-state index in [0.29, 0.717) is 13.1 Å². The quantitative estimate of drug-likeness (QED) is 0.607. The zero-order valence-electron chi connectivity index (χ0n) is 15.5. The summed E-state index contributed by atoms with van der Waals surface area (Å²) < 4.78 is 30.8. The molecule has 0 atom stereocenters. The predicted molar refractivity (Wildman–Crippen MR) is 100.0 cm³/mol. The summed E-state index contributed by atoms with van der Waals surface area (Å²) in [6.45, 7) is 4.17. The fourth-order valence-corrected chi connectivity index (χ4v) is 4.77. The summed E-state index contributed by atoms with van der Waals surface area (Å²) in [4.78, 5) is 38.1. The Bertz CT molecular complexity index is 1070. The number of sulfone groups is 1. The van der Waals surface area contributed by atoms with Crippen LogP contribution in [0.15, 0.2) is 52.3 Å². The molecule has 146 valence electrons. The third-order valence-electron chi connectivity index (χ3n) is 4.62. The minimum absolute atomic E-state index is 0.00877. The molecule has 1 aliphatic rings. The zero-order valence-corrected chi connectivity index (χ0v) is 16.3. The first-order valence-corrected chi connectivity index (χ1v) is 10.3. The molecule has 8 heteroatoms. The summed E-state index contributed by atoms with van der Waals surface area (Å²) in [6.07, 6.45) is 0. The molecule has 0 radical (unpaired) electrons. The number of nitrogens with zero attached hydrogens (tertiary/aromatic N) is 1. The van der Waals surface area contributed by atoms with E-state index in [-0.39, 0.29) is 32.4 Å². The molecule has 0 bridgehead atoms. The number of hydrogen-bond donors (Lipinski definition) is 0. The van der Waals surface area contributed by atoms with E-state index in [9.17, 15) is 22.8 Å². The van der Waals surface area contributed by atoms with Crippen molar-refractivity contribution in [3.63, 3.8) is 0 Å². The van der Waals surface area contributed by atoms with Crippen LogP contribution in [-0.4, -0.2) is 50.7 Å². The van der Waals surface area contributed by atoms with Crippen molar-refractivity contribution < 1.29 is 27.5 Å². The molecular weight excluding hydrogens is 382 g/mol. The zero-order chi connectivity index (χ0) is 20.5.